The maximum Gasteiger partial charge on any atom is 0.165 e. The number of methoxy groups -OCH3 is 6. The Labute approximate surface area is 366 Å². The zero-order valence-electron chi connectivity index (χ0n) is 35.5. The van der Waals surface area contributed by atoms with Crippen LogP contribution in [0, 0.1) is 3.82 Å². The third-order valence-corrected chi connectivity index (χ3v) is 14.7. The highest BCUT2D eigenvalue weighted by Gasteiger charge is 2.26. The van der Waals surface area contributed by atoms with E-state index in [2.05, 4.69) is 56.0 Å². The summed E-state index contributed by atoms with van der Waals surface area (Å²) in [6, 6.07) is 22.7. The van der Waals surface area contributed by atoms with E-state index in [1.165, 1.54) is 16.0 Å². The number of hydrogen-bond acceptors (Lipinski definition) is 14. The Hall–Kier alpha value is -4.41. The second kappa shape index (κ2) is 20.4. The lowest BCUT2D eigenvalue weighted by molar-refractivity contribution is 0.118. The molecule has 3 heterocycles. The number of ether oxygens (including phenoxy) is 6. The molecule has 320 valence electrons. The van der Waals surface area contributed by atoms with Crippen molar-refractivity contribution >= 4 is 32.9 Å². The first kappa shape index (κ1) is 43.7. The van der Waals surface area contributed by atoms with Gasteiger partial charge in [-0.25, -0.2) is 0 Å². The lowest BCUT2D eigenvalue weighted by Crippen LogP contribution is -2.45. The first-order valence-electron chi connectivity index (χ1n) is 20.2. The summed E-state index contributed by atoms with van der Waals surface area (Å²) in [5.74, 6) is 4.66. The van der Waals surface area contributed by atoms with E-state index in [1.807, 2.05) is 30.3 Å². The summed E-state index contributed by atoms with van der Waals surface area (Å²) in [5, 5.41) is 12.1. The van der Waals surface area contributed by atoms with Crippen LogP contribution in [0.15, 0.2) is 66.7 Å². The molecule has 0 atom stereocenters. The minimum atomic E-state index is 0.383. The van der Waals surface area contributed by atoms with E-state index in [9.17, 15) is 5.11 Å². The maximum absolute atomic E-state index is 12.1. The second-order valence-corrected chi connectivity index (χ2v) is 18.0. The molecule has 0 saturated carbocycles. The molecule has 2 saturated heterocycles. The molecule has 0 unspecified atom stereocenters. The van der Waals surface area contributed by atoms with Crippen molar-refractivity contribution in [1.82, 2.24) is 19.6 Å². The Balaban J connectivity index is 1.09. The molecule has 14 heteroatoms. The summed E-state index contributed by atoms with van der Waals surface area (Å²) < 4.78 is 34.8. The molecule has 60 heavy (non-hydrogen) atoms. The number of phenolic OH excluding ortho intramolecular Hbond substituents is 1. The van der Waals surface area contributed by atoms with Gasteiger partial charge in [-0.2, -0.15) is 0 Å². The number of aromatic hydroxyl groups is 1. The third kappa shape index (κ3) is 10.2. The highest BCUT2D eigenvalue weighted by molar-refractivity contribution is 7.80. The number of rotatable bonds is 17. The van der Waals surface area contributed by atoms with Gasteiger partial charge in [-0.05, 0) is 35.4 Å². The molecule has 1 aromatic heterocycles. The standard InChI is InChI=1S/C46H56N4O7S3/c1-52-37-23-35(43(56-5)40(25-37)54-3)29-49-16-12-47(13-17-49)27-33-21-32(45-39(46(58)60-59-45)20-31-10-8-7-9-11-31)22-34(42(33)51)28-48-14-18-50(19-15-48)30-36-24-38(53-2)26-41(55-4)44(36)57-6/h7-11,21-26,51H,12-20,27-30H2,1-6H3. The van der Waals surface area contributed by atoms with Gasteiger partial charge in [-0.1, -0.05) is 63.2 Å². The van der Waals surface area contributed by atoms with Crippen molar-refractivity contribution in [2.24, 2.45) is 0 Å². The van der Waals surface area contributed by atoms with Crippen LogP contribution in [0.5, 0.6) is 40.2 Å². The zero-order valence-corrected chi connectivity index (χ0v) is 37.9. The van der Waals surface area contributed by atoms with Crippen LogP contribution >= 0.6 is 32.9 Å². The van der Waals surface area contributed by atoms with Gasteiger partial charge in [0.25, 0.3) is 0 Å². The SMILES string of the molecule is COc1cc(CN2CCN(Cc3cc(-c4ssc(=S)c4Cc4ccccc4)cc(CN4CCN(Cc5cc(OC)cc(OC)c5OC)CC4)c3O)CC2)c(OC)c(OC)c1. The Morgan fingerprint density at radius 1 is 0.533 bits per heavy atom. The van der Waals surface area contributed by atoms with Crippen molar-refractivity contribution in [3.05, 3.63) is 104 Å². The summed E-state index contributed by atoms with van der Waals surface area (Å²) in [5.41, 5.74) is 7.50. The maximum atomic E-state index is 12.1. The lowest BCUT2D eigenvalue weighted by atomic mass is 9.98. The summed E-state index contributed by atoms with van der Waals surface area (Å²) in [4.78, 5) is 11.0. The van der Waals surface area contributed by atoms with Crippen molar-refractivity contribution in [3.63, 3.8) is 0 Å². The van der Waals surface area contributed by atoms with Gasteiger partial charge in [-0.3, -0.25) is 19.6 Å². The molecule has 0 bridgehead atoms. The summed E-state index contributed by atoms with van der Waals surface area (Å²) in [6.07, 6.45) is 0.776. The normalized spacial score (nSPS) is 15.5. The number of piperazine rings is 2. The molecule has 4 aromatic carbocycles. The Morgan fingerprint density at radius 2 is 0.967 bits per heavy atom. The van der Waals surface area contributed by atoms with Crippen LogP contribution in [0.2, 0.25) is 0 Å². The number of nitrogens with zero attached hydrogens (tertiary/aromatic N) is 4. The highest BCUT2D eigenvalue weighted by Crippen LogP contribution is 2.41. The number of phenols is 1. The molecule has 2 fully saturated rings. The number of benzene rings is 4. The first-order chi connectivity index (χ1) is 29.2. The lowest BCUT2D eigenvalue weighted by Gasteiger charge is -2.36. The zero-order chi connectivity index (χ0) is 42.2. The van der Waals surface area contributed by atoms with E-state index in [0.29, 0.717) is 30.3 Å². The smallest absolute Gasteiger partial charge is 0.165 e. The van der Waals surface area contributed by atoms with Gasteiger partial charge in [0.2, 0.25) is 0 Å². The van der Waals surface area contributed by atoms with Gasteiger partial charge >= 0.3 is 0 Å². The molecule has 11 nitrogen and oxygen atoms in total. The topological polar surface area (TPSA) is 88.6 Å². The van der Waals surface area contributed by atoms with Crippen molar-refractivity contribution in [3.8, 4) is 50.7 Å². The molecule has 2 aliphatic rings. The molecule has 0 amide bonds. The van der Waals surface area contributed by atoms with Crippen LogP contribution in [0.4, 0.5) is 0 Å². The Bertz CT molecular complexity index is 2160. The van der Waals surface area contributed by atoms with Gasteiger partial charge in [-0.15, -0.1) is 0 Å². The van der Waals surface area contributed by atoms with E-state index in [4.69, 9.17) is 40.6 Å². The largest absolute Gasteiger partial charge is 0.507 e. The number of hydrogen-bond donors (Lipinski definition) is 1. The monoisotopic (exact) mass is 872 g/mol. The van der Waals surface area contributed by atoms with Crippen molar-refractivity contribution < 1.29 is 33.5 Å². The molecular weight excluding hydrogens is 817 g/mol. The molecule has 0 spiro atoms. The fourth-order valence-electron chi connectivity index (χ4n) is 8.26. The van der Waals surface area contributed by atoms with Gasteiger partial charge in [0.05, 0.1) is 47.5 Å². The van der Waals surface area contributed by atoms with Crippen LogP contribution in [0.25, 0.3) is 10.4 Å². The minimum absolute atomic E-state index is 0.383. The molecule has 5 aromatic rings. The van der Waals surface area contributed by atoms with Crippen LogP contribution in [-0.2, 0) is 32.6 Å². The van der Waals surface area contributed by atoms with Crippen molar-refractivity contribution in [2.75, 3.05) is 95.0 Å². The minimum Gasteiger partial charge on any atom is -0.507 e. The highest BCUT2D eigenvalue weighted by atomic mass is 32.9. The van der Waals surface area contributed by atoms with E-state index >= 15 is 0 Å². The predicted octanol–water partition coefficient (Wildman–Crippen LogP) is 8.19. The predicted molar refractivity (Wildman–Crippen MR) is 243 cm³/mol. The van der Waals surface area contributed by atoms with Crippen LogP contribution in [-0.4, -0.2) is 120 Å². The van der Waals surface area contributed by atoms with E-state index in [1.54, 1.807) is 63.3 Å². The van der Waals surface area contributed by atoms with Gasteiger partial charge < -0.3 is 33.5 Å². The second-order valence-electron chi connectivity index (χ2n) is 15.2. The van der Waals surface area contributed by atoms with E-state index in [-0.39, 0.29) is 0 Å². The van der Waals surface area contributed by atoms with Crippen LogP contribution < -0.4 is 28.4 Å². The van der Waals surface area contributed by atoms with Gasteiger partial charge in [0.1, 0.15) is 21.1 Å². The molecule has 1 N–H and O–H groups in total. The van der Waals surface area contributed by atoms with Gasteiger partial charge in [0, 0.05) is 125 Å². The van der Waals surface area contributed by atoms with Crippen molar-refractivity contribution in [1.29, 1.82) is 0 Å². The molecule has 7 rings (SSSR count). The molecule has 0 radical (unpaired) electrons. The average Bonchev–Trinajstić information content (AvgIpc) is 3.64. The Kier molecular flexibility index (Phi) is 14.9. The van der Waals surface area contributed by atoms with Crippen LogP contribution in [0.1, 0.15) is 33.4 Å². The molecular formula is C46H56N4O7S3. The summed E-state index contributed by atoms with van der Waals surface area (Å²) in [7, 11) is 13.4. The molecule has 2 aliphatic heterocycles. The fraction of sp³-hybridized carbons (Fsp3) is 0.413. The summed E-state index contributed by atoms with van der Waals surface area (Å²) >= 11 is 5.94. The van der Waals surface area contributed by atoms with E-state index < -0.39 is 0 Å². The van der Waals surface area contributed by atoms with Crippen LogP contribution in [0.3, 0.4) is 0 Å². The Morgan fingerprint density at radius 3 is 1.37 bits per heavy atom. The molecule has 0 aliphatic carbocycles. The van der Waals surface area contributed by atoms with Gasteiger partial charge in [0.15, 0.2) is 23.0 Å². The average molecular weight is 873 g/mol. The quantitative estimate of drug-likeness (QED) is 0.0723. The van der Waals surface area contributed by atoms with Crippen molar-refractivity contribution in [2.45, 2.75) is 32.6 Å². The third-order valence-electron chi connectivity index (χ3n) is 11.5. The fourth-order valence-corrected chi connectivity index (χ4v) is 11.2. The van der Waals surface area contributed by atoms with E-state index in [0.717, 1.165) is 127 Å². The first-order valence-corrected chi connectivity index (χ1v) is 22.8. The summed E-state index contributed by atoms with van der Waals surface area (Å²) in [6.45, 7) is 9.72.